The van der Waals surface area contributed by atoms with Crippen LogP contribution < -0.4 is 4.90 Å². The summed E-state index contributed by atoms with van der Waals surface area (Å²) in [6, 6.07) is 17.3. The molecule has 204 valence electrons. The van der Waals surface area contributed by atoms with E-state index < -0.39 is 0 Å². The molecule has 3 aliphatic heterocycles. The second-order valence-electron chi connectivity index (χ2n) is 11.7. The summed E-state index contributed by atoms with van der Waals surface area (Å²) in [5.41, 5.74) is 4.82. The second-order valence-corrected chi connectivity index (χ2v) is 12.1. The summed E-state index contributed by atoms with van der Waals surface area (Å²) in [6.45, 7) is 18.0. The van der Waals surface area contributed by atoms with Crippen molar-refractivity contribution in [1.29, 1.82) is 0 Å². The van der Waals surface area contributed by atoms with Crippen LogP contribution in [0.4, 0.5) is 5.69 Å². The Hall–Kier alpha value is -2.34. The number of amides is 1. The van der Waals surface area contributed by atoms with Gasteiger partial charge in [0.25, 0.3) is 0 Å². The minimum absolute atomic E-state index is 0.176. The Morgan fingerprint density at radius 3 is 2.29 bits per heavy atom. The van der Waals surface area contributed by atoms with Gasteiger partial charge in [-0.2, -0.15) is 0 Å². The second kappa shape index (κ2) is 12.2. The third-order valence-electron chi connectivity index (χ3n) is 8.97. The molecule has 0 aliphatic carbocycles. The van der Waals surface area contributed by atoms with Gasteiger partial charge < -0.3 is 14.7 Å². The molecule has 0 N–H and O–H groups in total. The summed E-state index contributed by atoms with van der Waals surface area (Å²) in [4.78, 5) is 21.5. The van der Waals surface area contributed by atoms with E-state index in [1.165, 1.54) is 37.4 Å². The number of aryl methyl sites for hydroxylation is 1. The lowest BCUT2D eigenvalue weighted by molar-refractivity contribution is -0.130. The fourth-order valence-electron chi connectivity index (χ4n) is 6.73. The van der Waals surface area contributed by atoms with Crippen molar-refractivity contribution in [2.75, 3.05) is 57.3 Å². The van der Waals surface area contributed by atoms with Crippen LogP contribution in [0, 0.1) is 24.7 Å². The summed E-state index contributed by atoms with van der Waals surface area (Å²) in [5.74, 6) is 2.17. The van der Waals surface area contributed by atoms with Gasteiger partial charge in [-0.15, -0.1) is 0 Å². The average molecular weight is 535 g/mol. The maximum atomic E-state index is 11.8. The Balaban J connectivity index is 1.15. The fourth-order valence-corrected chi connectivity index (χ4v) is 6.90. The van der Waals surface area contributed by atoms with E-state index in [4.69, 9.17) is 11.6 Å². The number of nitrogens with zero attached hydrogens (tertiary/aromatic N) is 4. The molecule has 5 rings (SSSR count). The SMILES string of the molecule is C=C(C1CCN(C(C)=O)CC1)N(CCCN1CC2CN(Cc3ccccc3)CC2C1)c1ccc(C)c(Cl)c1. The van der Waals surface area contributed by atoms with Gasteiger partial charge in [-0.1, -0.05) is 54.6 Å². The first-order chi connectivity index (χ1) is 18.4. The Bertz CT molecular complexity index is 1100. The molecule has 1 amide bonds. The molecular weight excluding hydrogens is 492 g/mol. The van der Waals surface area contributed by atoms with Crippen molar-refractivity contribution < 1.29 is 4.79 Å². The van der Waals surface area contributed by atoms with Crippen LogP contribution in [0.15, 0.2) is 60.8 Å². The maximum Gasteiger partial charge on any atom is 0.219 e. The van der Waals surface area contributed by atoms with Crippen LogP contribution in [0.1, 0.15) is 37.3 Å². The Morgan fingerprint density at radius 1 is 1.00 bits per heavy atom. The minimum Gasteiger partial charge on any atom is -0.345 e. The largest absolute Gasteiger partial charge is 0.345 e. The van der Waals surface area contributed by atoms with E-state index in [9.17, 15) is 4.79 Å². The molecule has 2 unspecified atom stereocenters. The first-order valence-electron chi connectivity index (χ1n) is 14.3. The van der Waals surface area contributed by atoms with Crippen LogP contribution in [-0.4, -0.2) is 73.0 Å². The monoisotopic (exact) mass is 534 g/mol. The van der Waals surface area contributed by atoms with E-state index in [2.05, 4.69) is 69.8 Å². The standard InChI is InChI=1S/C32H43ClN4O/c1-24-10-11-31(18-32(24)33)37(25(2)28-12-16-36(17-13-28)26(3)38)15-7-14-34-20-29-22-35(23-30(29)21-34)19-27-8-5-4-6-9-27/h4-6,8-11,18,28-30H,2,7,12-17,19-23H2,1,3H3. The van der Waals surface area contributed by atoms with Crippen molar-refractivity contribution >= 4 is 23.2 Å². The Morgan fingerprint density at radius 2 is 1.66 bits per heavy atom. The summed E-state index contributed by atoms with van der Waals surface area (Å²) in [6.07, 6.45) is 3.05. The topological polar surface area (TPSA) is 30.0 Å². The zero-order valence-electron chi connectivity index (χ0n) is 23.1. The van der Waals surface area contributed by atoms with Gasteiger partial charge >= 0.3 is 0 Å². The van der Waals surface area contributed by atoms with Crippen molar-refractivity contribution in [3.05, 3.63) is 77.0 Å². The zero-order valence-corrected chi connectivity index (χ0v) is 23.9. The van der Waals surface area contributed by atoms with Gasteiger partial charge in [-0.3, -0.25) is 9.69 Å². The van der Waals surface area contributed by atoms with Gasteiger partial charge in [0.15, 0.2) is 0 Å². The third kappa shape index (κ3) is 6.44. The lowest BCUT2D eigenvalue weighted by Crippen LogP contribution is -2.40. The highest BCUT2D eigenvalue weighted by Gasteiger charge is 2.39. The van der Waals surface area contributed by atoms with E-state index in [1.54, 1.807) is 6.92 Å². The number of allylic oxidation sites excluding steroid dienone is 1. The molecule has 0 spiro atoms. The summed E-state index contributed by atoms with van der Waals surface area (Å²) in [5, 5.41) is 0.805. The van der Waals surface area contributed by atoms with Gasteiger partial charge in [0.2, 0.25) is 5.91 Å². The molecule has 38 heavy (non-hydrogen) atoms. The zero-order chi connectivity index (χ0) is 26.6. The number of carbonyl (C=O) groups excluding carboxylic acids is 1. The van der Waals surface area contributed by atoms with E-state index in [-0.39, 0.29) is 5.91 Å². The number of halogens is 1. The van der Waals surface area contributed by atoms with E-state index in [1.807, 2.05) is 11.8 Å². The lowest BCUT2D eigenvalue weighted by Gasteiger charge is -2.37. The van der Waals surface area contributed by atoms with Crippen LogP contribution >= 0.6 is 11.6 Å². The number of piperidine rings is 1. The molecule has 0 radical (unpaired) electrons. The van der Waals surface area contributed by atoms with E-state index >= 15 is 0 Å². The lowest BCUT2D eigenvalue weighted by atomic mass is 9.92. The molecule has 2 aromatic carbocycles. The van der Waals surface area contributed by atoms with Crippen molar-refractivity contribution in [1.82, 2.24) is 14.7 Å². The fraction of sp³-hybridized carbons (Fsp3) is 0.531. The van der Waals surface area contributed by atoms with Crippen LogP contribution in [0.5, 0.6) is 0 Å². The van der Waals surface area contributed by atoms with Crippen molar-refractivity contribution in [2.45, 2.75) is 39.7 Å². The summed E-state index contributed by atoms with van der Waals surface area (Å²) < 4.78 is 0. The molecule has 0 saturated carbocycles. The smallest absolute Gasteiger partial charge is 0.219 e. The molecule has 3 saturated heterocycles. The molecule has 3 aliphatic rings. The number of benzene rings is 2. The number of anilines is 1. The highest BCUT2D eigenvalue weighted by molar-refractivity contribution is 6.31. The van der Waals surface area contributed by atoms with Crippen molar-refractivity contribution in [3.8, 4) is 0 Å². The Labute approximate surface area is 234 Å². The van der Waals surface area contributed by atoms with Crippen molar-refractivity contribution in [2.24, 2.45) is 17.8 Å². The van der Waals surface area contributed by atoms with Gasteiger partial charge in [0, 0.05) is 81.6 Å². The molecule has 2 aromatic rings. The Kier molecular flexibility index (Phi) is 8.77. The molecule has 6 heteroatoms. The molecule has 0 bridgehead atoms. The first kappa shape index (κ1) is 27.2. The van der Waals surface area contributed by atoms with Gasteiger partial charge in [-0.05, 0) is 67.8 Å². The maximum absolute atomic E-state index is 11.8. The predicted octanol–water partition coefficient (Wildman–Crippen LogP) is 5.68. The molecule has 5 nitrogen and oxygen atoms in total. The molecular formula is C32H43ClN4O. The van der Waals surface area contributed by atoms with Crippen LogP contribution in [0.3, 0.4) is 0 Å². The van der Waals surface area contributed by atoms with E-state index in [0.29, 0.717) is 5.92 Å². The van der Waals surface area contributed by atoms with E-state index in [0.717, 1.165) is 80.1 Å². The van der Waals surface area contributed by atoms with Crippen LogP contribution in [0.2, 0.25) is 5.02 Å². The van der Waals surface area contributed by atoms with Crippen LogP contribution in [0.25, 0.3) is 0 Å². The number of hydrogen-bond acceptors (Lipinski definition) is 4. The van der Waals surface area contributed by atoms with Gasteiger partial charge in [0.1, 0.15) is 0 Å². The number of carbonyl (C=O) groups is 1. The van der Waals surface area contributed by atoms with Gasteiger partial charge in [-0.25, -0.2) is 0 Å². The first-order valence-corrected chi connectivity index (χ1v) is 14.7. The third-order valence-corrected chi connectivity index (χ3v) is 9.38. The molecule has 2 atom stereocenters. The minimum atomic E-state index is 0.176. The normalized spacial score (nSPS) is 22.6. The number of fused-ring (bicyclic) bond motifs is 1. The number of hydrogen-bond donors (Lipinski definition) is 0. The summed E-state index contributed by atoms with van der Waals surface area (Å²) >= 11 is 6.54. The molecule has 3 fully saturated rings. The summed E-state index contributed by atoms with van der Waals surface area (Å²) in [7, 11) is 0. The quantitative estimate of drug-likeness (QED) is 0.414. The predicted molar refractivity (Wildman–Crippen MR) is 157 cm³/mol. The average Bonchev–Trinajstić information content (AvgIpc) is 3.47. The van der Waals surface area contributed by atoms with Gasteiger partial charge in [0.05, 0.1) is 0 Å². The van der Waals surface area contributed by atoms with Crippen molar-refractivity contribution in [3.63, 3.8) is 0 Å². The number of likely N-dealkylation sites (tertiary alicyclic amines) is 3. The number of rotatable bonds is 9. The molecule has 0 aromatic heterocycles. The highest BCUT2D eigenvalue weighted by Crippen LogP contribution is 2.34. The molecule has 3 heterocycles. The highest BCUT2D eigenvalue weighted by atomic mass is 35.5. The van der Waals surface area contributed by atoms with Crippen LogP contribution in [-0.2, 0) is 11.3 Å².